The van der Waals surface area contributed by atoms with Crippen LogP contribution in [-0.2, 0) is 13.6 Å². The zero-order valence-corrected chi connectivity index (χ0v) is 13.4. The van der Waals surface area contributed by atoms with Gasteiger partial charge in [-0.15, -0.1) is 0 Å². The van der Waals surface area contributed by atoms with Crippen LogP contribution in [0, 0.1) is 0 Å². The summed E-state index contributed by atoms with van der Waals surface area (Å²) in [6.07, 6.45) is 6.86. The van der Waals surface area contributed by atoms with Gasteiger partial charge in [-0.2, -0.15) is 10.2 Å². The molecular formula is C14H13BrN6O. The highest BCUT2D eigenvalue weighted by atomic mass is 79.9. The van der Waals surface area contributed by atoms with Gasteiger partial charge in [0.15, 0.2) is 5.82 Å². The summed E-state index contributed by atoms with van der Waals surface area (Å²) in [5, 5.41) is 11.4. The Morgan fingerprint density at radius 3 is 2.91 bits per heavy atom. The van der Waals surface area contributed by atoms with E-state index in [0.717, 1.165) is 11.4 Å². The Hall–Kier alpha value is -2.48. The summed E-state index contributed by atoms with van der Waals surface area (Å²) < 4.78 is 3.43. The highest BCUT2D eigenvalue weighted by Crippen LogP contribution is 2.18. The minimum Gasteiger partial charge on any atom is -0.378 e. The SMILES string of the molecule is Cn1ncc(NCc2cccnc2-n2cccn2)c(Br)c1=O. The number of hydrogen-bond acceptors (Lipinski definition) is 5. The summed E-state index contributed by atoms with van der Waals surface area (Å²) >= 11 is 3.29. The fourth-order valence-corrected chi connectivity index (χ4v) is 2.49. The first kappa shape index (κ1) is 14.5. The van der Waals surface area contributed by atoms with Crippen LogP contribution >= 0.6 is 15.9 Å². The lowest BCUT2D eigenvalue weighted by atomic mass is 10.2. The minimum absolute atomic E-state index is 0.191. The van der Waals surface area contributed by atoms with Gasteiger partial charge in [-0.05, 0) is 28.1 Å². The molecule has 0 aliphatic heterocycles. The van der Waals surface area contributed by atoms with Crippen molar-refractivity contribution in [2.75, 3.05) is 5.32 Å². The number of nitrogens with zero attached hydrogens (tertiary/aromatic N) is 5. The molecule has 0 atom stereocenters. The number of pyridine rings is 1. The predicted molar refractivity (Wildman–Crippen MR) is 85.9 cm³/mol. The zero-order valence-electron chi connectivity index (χ0n) is 11.8. The first-order valence-electron chi connectivity index (χ1n) is 6.56. The molecule has 0 bridgehead atoms. The molecule has 3 aromatic rings. The van der Waals surface area contributed by atoms with Crippen molar-refractivity contribution in [2.24, 2.45) is 7.05 Å². The highest BCUT2D eigenvalue weighted by Gasteiger charge is 2.09. The number of aryl methyl sites for hydroxylation is 1. The van der Waals surface area contributed by atoms with Crippen LogP contribution in [0.25, 0.3) is 5.82 Å². The highest BCUT2D eigenvalue weighted by molar-refractivity contribution is 9.10. The van der Waals surface area contributed by atoms with Gasteiger partial charge in [0.1, 0.15) is 4.47 Å². The minimum atomic E-state index is -0.191. The molecule has 0 aliphatic rings. The van der Waals surface area contributed by atoms with E-state index in [4.69, 9.17) is 0 Å². The van der Waals surface area contributed by atoms with E-state index in [1.807, 2.05) is 24.4 Å². The molecule has 0 saturated heterocycles. The van der Waals surface area contributed by atoms with E-state index in [1.165, 1.54) is 4.68 Å². The third-order valence-electron chi connectivity index (χ3n) is 3.14. The second-order valence-corrected chi connectivity index (χ2v) is 5.38. The molecule has 0 aliphatic carbocycles. The molecule has 0 unspecified atom stereocenters. The topological polar surface area (TPSA) is 77.6 Å². The van der Waals surface area contributed by atoms with Gasteiger partial charge >= 0.3 is 0 Å². The predicted octanol–water partition coefficient (Wildman–Crippen LogP) is 1.74. The maximum Gasteiger partial charge on any atom is 0.282 e. The average Bonchev–Trinajstić information content (AvgIpc) is 3.06. The Balaban J connectivity index is 1.87. The largest absolute Gasteiger partial charge is 0.378 e. The number of hydrogen-bond donors (Lipinski definition) is 1. The van der Waals surface area contributed by atoms with Crippen LogP contribution in [0.2, 0.25) is 0 Å². The van der Waals surface area contributed by atoms with Gasteiger partial charge < -0.3 is 5.32 Å². The summed E-state index contributed by atoms with van der Waals surface area (Å²) in [4.78, 5) is 16.2. The van der Waals surface area contributed by atoms with Crippen LogP contribution < -0.4 is 10.9 Å². The number of nitrogens with one attached hydrogen (secondary N) is 1. The van der Waals surface area contributed by atoms with Gasteiger partial charge in [0.25, 0.3) is 5.56 Å². The Morgan fingerprint density at radius 1 is 1.27 bits per heavy atom. The quantitative estimate of drug-likeness (QED) is 0.766. The Kier molecular flexibility index (Phi) is 4.01. The van der Waals surface area contributed by atoms with Crippen LogP contribution in [0.1, 0.15) is 5.56 Å². The summed E-state index contributed by atoms with van der Waals surface area (Å²) in [6, 6.07) is 5.66. The van der Waals surface area contributed by atoms with Crippen LogP contribution in [0.4, 0.5) is 5.69 Å². The molecule has 0 radical (unpaired) electrons. The molecule has 7 nitrogen and oxygen atoms in total. The lowest BCUT2D eigenvalue weighted by Crippen LogP contribution is -2.21. The Bertz CT molecular complexity index is 843. The Labute approximate surface area is 134 Å². The molecule has 112 valence electrons. The lowest BCUT2D eigenvalue weighted by Gasteiger charge is -2.11. The number of anilines is 1. The summed E-state index contributed by atoms with van der Waals surface area (Å²) in [6.45, 7) is 0.497. The molecule has 0 spiro atoms. The molecule has 0 amide bonds. The smallest absolute Gasteiger partial charge is 0.282 e. The third kappa shape index (κ3) is 2.77. The van der Waals surface area contributed by atoms with E-state index in [9.17, 15) is 4.79 Å². The van der Waals surface area contributed by atoms with E-state index in [1.54, 1.807) is 30.3 Å². The monoisotopic (exact) mass is 360 g/mol. The van der Waals surface area contributed by atoms with Crippen molar-refractivity contribution in [3.8, 4) is 5.82 Å². The number of aromatic nitrogens is 5. The molecule has 3 aromatic heterocycles. The van der Waals surface area contributed by atoms with Crippen molar-refractivity contribution in [3.05, 3.63) is 63.4 Å². The van der Waals surface area contributed by atoms with E-state index < -0.39 is 0 Å². The first-order valence-corrected chi connectivity index (χ1v) is 7.35. The standard InChI is InChI=1S/C14H13BrN6O/c1-20-14(22)12(15)11(9-19-20)17-8-10-4-2-5-16-13(10)21-7-3-6-18-21/h2-7,9,17H,8H2,1H3. The van der Waals surface area contributed by atoms with Crippen molar-refractivity contribution in [1.29, 1.82) is 0 Å². The van der Waals surface area contributed by atoms with Gasteiger partial charge in [0.2, 0.25) is 0 Å². The molecule has 22 heavy (non-hydrogen) atoms. The number of rotatable bonds is 4. The van der Waals surface area contributed by atoms with Crippen molar-refractivity contribution < 1.29 is 0 Å². The molecule has 3 heterocycles. The van der Waals surface area contributed by atoms with Gasteiger partial charge in [0.05, 0.1) is 11.9 Å². The normalized spacial score (nSPS) is 10.6. The third-order valence-corrected chi connectivity index (χ3v) is 3.90. The summed E-state index contributed by atoms with van der Waals surface area (Å²) in [7, 11) is 1.60. The molecule has 1 N–H and O–H groups in total. The molecule has 0 fully saturated rings. The van der Waals surface area contributed by atoms with Crippen molar-refractivity contribution in [2.45, 2.75) is 6.54 Å². The second kappa shape index (κ2) is 6.10. The van der Waals surface area contributed by atoms with Crippen molar-refractivity contribution in [1.82, 2.24) is 24.5 Å². The fourth-order valence-electron chi connectivity index (χ4n) is 1.99. The van der Waals surface area contributed by atoms with Crippen LogP contribution in [0.15, 0.2) is 52.3 Å². The van der Waals surface area contributed by atoms with Crippen LogP contribution in [0.5, 0.6) is 0 Å². The maximum atomic E-state index is 11.8. The second-order valence-electron chi connectivity index (χ2n) is 4.59. The first-order chi connectivity index (χ1) is 10.7. The number of halogens is 1. The van der Waals surface area contributed by atoms with Gasteiger partial charge in [-0.3, -0.25) is 4.79 Å². The molecule has 0 aromatic carbocycles. The van der Waals surface area contributed by atoms with E-state index in [2.05, 4.69) is 36.4 Å². The van der Waals surface area contributed by atoms with Crippen LogP contribution in [0.3, 0.4) is 0 Å². The van der Waals surface area contributed by atoms with Crippen LogP contribution in [-0.4, -0.2) is 24.5 Å². The van der Waals surface area contributed by atoms with E-state index >= 15 is 0 Å². The zero-order chi connectivity index (χ0) is 15.5. The molecule has 8 heteroatoms. The van der Waals surface area contributed by atoms with Gasteiger partial charge in [-0.25, -0.2) is 14.3 Å². The fraction of sp³-hybridized carbons (Fsp3) is 0.143. The average molecular weight is 361 g/mol. The van der Waals surface area contributed by atoms with Gasteiger partial charge in [-0.1, -0.05) is 6.07 Å². The molecule has 3 rings (SSSR count). The van der Waals surface area contributed by atoms with Crippen molar-refractivity contribution >= 4 is 21.6 Å². The van der Waals surface area contributed by atoms with E-state index in [-0.39, 0.29) is 5.56 Å². The van der Waals surface area contributed by atoms with Gasteiger partial charge in [0, 0.05) is 37.7 Å². The molecular weight excluding hydrogens is 348 g/mol. The van der Waals surface area contributed by atoms with Crippen molar-refractivity contribution in [3.63, 3.8) is 0 Å². The lowest BCUT2D eigenvalue weighted by molar-refractivity contribution is 0.703. The summed E-state index contributed by atoms with van der Waals surface area (Å²) in [5.41, 5.74) is 1.40. The maximum absolute atomic E-state index is 11.8. The van der Waals surface area contributed by atoms with E-state index in [0.29, 0.717) is 16.7 Å². The Morgan fingerprint density at radius 2 is 2.14 bits per heavy atom. The molecule has 0 saturated carbocycles. The summed E-state index contributed by atoms with van der Waals surface area (Å²) in [5.74, 6) is 0.743.